The van der Waals surface area contributed by atoms with Gasteiger partial charge < -0.3 is 19.9 Å². The van der Waals surface area contributed by atoms with E-state index in [0.717, 1.165) is 19.6 Å². The van der Waals surface area contributed by atoms with Gasteiger partial charge >= 0.3 is 5.97 Å². The quantitative estimate of drug-likeness (QED) is 0.614. The molecule has 0 bridgehead atoms. The predicted molar refractivity (Wildman–Crippen MR) is 82.0 cm³/mol. The van der Waals surface area contributed by atoms with Crippen LogP contribution in [0.1, 0.15) is 30.6 Å². The molecule has 21 heavy (non-hydrogen) atoms. The molecule has 0 aliphatic heterocycles. The Balaban J connectivity index is 2.04. The van der Waals surface area contributed by atoms with E-state index < -0.39 is 5.97 Å². The summed E-state index contributed by atoms with van der Waals surface area (Å²) >= 11 is 0. The molecule has 1 aromatic rings. The third-order valence-corrected chi connectivity index (χ3v) is 2.89. The average Bonchev–Trinajstić information content (AvgIpc) is 2.45. The van der Waals surface area contributed by atoms with Crippen LogP contribution in [0.4, 0.5) is 0 Å². The minimum Gasteiger partial charge on any atom is -0.492 e. The summed E-state index contributed by atoms with van der Waals surface area (Å²) in [7, 11) is 0. The second-order valence-corrected chi connectivity index (χ2v) is 5.23. The first kappa shape index (κ1) is 17.5. The summed E-state index contributed by atoms with van der Waals surface area (Å²) < 4.78 is 11.0. The summed E-state index contributed by atoms with van der Waals surface area (Å²) in [6, 6.07) is 6.50. The van der Waals surface area contributed by atoms with E-state index >= 15 is 0 Å². The Labute approximate surface area is 126 Å². The van der Waals surface area contributed by atoms with Crippen LogP contribution in [-0.4, -0.2) is 44.0 Å². The van der Waals surface area contributed by atoms with E-state index in [1.165, 1.54) is 6.07 Å². The Hall–Kier alpha value is -1.59. The predicted octanol–water partition coefficient (Wildman–Crippen LogP) is 2.42. The van der Waals surface area contributed by atoms with Crippen molar-refractivity contribution in [1.82, 2.24) is 5.32 Å². The maximum absolute atomic E-state index is 10.8. The molecule has 118 valence electrons. The van der Waals surface area contributed by atoms with Crippen molar-refractivity contribution in [3.8, 4) is 5.75 Å². The Morgan fingerprint density at radius 3 is 2.71 bits per heavy atom. The number of carbonyl (C=O) groups is 1. The van der Waals surface area contributed by atoms with Crippen LogP contribution in [0.5, 0.6) is 5.75 Å². The van der Waals surface area contributed by atoms with Gasteiger partial charge in [0.05, 0.1) is 12.2 Å². The monoisotopic (exact) mass is 295 g/mol. The first-order valence-corrected chi connectivity index (χ1v) is 7.34. The second kappa shape index (κ2) is 10.2. The lowest BCUT2D eigenvalue weighted by atomic mass is 10.1. The Kier molecular flexibility index (Phi) is 8.47. The van der Waals surface area contributed by atoms with Gasteiger partial charge in [0.2, 0.25) is 0 Å². The SMILES string of the molecule is CC(C)CCOCCNCCOc1cccc(C(=O)O)c1. The van der Waals surface area contributed by atoms with Crippen molar-refractivity contribution in [3.05, 3.63) is 29.8 Å². The summed E-state index contributed by atoms with van der Waals surface area (Å²) in [5, 5.41) is 12.1. The summed E-state index contributed by atoms with van der Waals surface area (Å²) in [6.45, 7) is 7.84. The van der Waals surface area contributed by atoms with Crippen LogP contribution >= 0.6 is 0 Å². The highest BCUT2D eigenvalue weighted by Gasteiger charge is 2.03. The highest BCUT2D eigenvalue weighted by Crippen LogP contribution is 2.12. The number of hydrogen-bond donors (Lipinski definition) is 2. The van der Waals surface area contributed by atoms with Crippen LogP contribution in [-0.2, 0) is 4.74 Å². The minimum atomic E-state index is -0.947. The van der Waals surface area contributed by atoms with E-state index in [2.05, 4.69) is 19.2 Å². The Morgan fingerprint density at radius 2 is 2.00 bits per heavy atom. The number of aromatic carboxylic acids is 1. The molecule has 0 amide bonds. The van der Waals surface area contributed by atoms with E-state index in [9.17, 15) is 4.79 Å². The first-order valence-electron chi connectivity index (χ1n) is 7.34. The van der Waals surface area contributed by atoms with Gasteiger partial charge in [-0.15, -0.1) is 0 Å². The normalized spacial score (nSPS) is 10.8. The largest absolute Gasteiger partial charge is 0.492 e. The van der Waals surface area contributed by atoms with Gasteiger partial charge in [0.1, 0.15) is 12.4 Å². The van der Waals surface area contributed by atoms with Crippen molar-refractivity contribution in [2.45, 2.75) is 20.3 Å². The van der Waals surface area contributed by atoms with Crippen molar-refractivity contribution < 1.29 is 19.4 Å². The molecular formula is C16H25NO4. The van der Waals surface area contributed by atoms with Gasteiger partial charge in [-0.3, -0.25) is 0 Å². The molecule has 2 N–H and O–H groups in total. The lowest BCUT2D eigenvalue weighted by Gasteiger charge is -2.09. The lowest BCUT2D eigenvalue weighted by molar-refractivity contribution is 0.0696. The minimum absolute atomic E-state index is 0.235. The zero-order valence-electron chi connectivity index (χ0n) is 12.8. The van der Waals surface area contributed by atoms with Gasteiger partial charge in [-0.2, -0.15) is 0 Å². The molecule has 0 saturated heterocycles. The van der Waals surface area contributed by atoms with Gasteiger partial charge in [-0.05, 0) is 30.5 Å². The van der Waals surface area contributed by atoms with Crippen molar-refractivity contribution in [2.75, 3.05) is 32.9 Å². The van der Waals surface area contributed by atoms with Gasteiger partial charge in [0.25, 0.3) is 0 Å². The van der Waals surface area contributed by atoms with Crippen molar-refractivity contribution >= 4 is 5.97 Å². The molecule has 0 heterocycles. The number of carboxylic acids is 1. The number of hydrogen-bond acceptors (Lipinski definition) is 4. The van der Waals surface area contributed by atoms with E-state index in [4.69, 9.17) is 14.6 Å². The van der Waals surface area contributed by atoms with Crippen LogP contribution < -0.4 is 10.1 Å². The molecule has 1 rings (SSSR count). The van der Waals surface area contributed by atoms with Crippen LogP contribution in [0, 0.1) is 5.92 Å². The van der Waals surface area contributed by atoms with Gasteiger partial charge in [-0.25, -0.2) is 4.79 Å². The van der Waals surface area contributed by atoms with Crippen molar-refractivity contribution in [1.29, 1.82) is 0 Å². The third kappa shape index (κ3) is 8.32. The number of rotatable bonds is 11. The number of nitrogens with one attached hydrogen (secondary N) is 1. The second-order valence-electron chi connectivity index (χ2n) is 5.23. The molecule has 0 spiro atoms. The Bertz CT molecular complexity index is 420. The maximum Gasteiger partial charge on any atom is 0.335 e. The topological polar surface area (TPSA) is 67.8 Å². The van der Waals surface area contributed by atoms with Crippen LogP contribution in [0.15, 0.2) is 24.3 Å². The van der Waals surface area contributed by atoms with Gasteiger partial charge in [-0.1, -0.05) is 19.9 Å². The summed E-state index contributed by atoms with van der Waals surface area (Å²) in [5.74, 6) is 0.301. The zero-order valence-corrected chi connectivity index (χ0v) is 12.8. The van der Waals surface area contributed by atoms with Crippen LogP contribution in [0.25, 0.3) is 0 Å². The molecule has 0 aliphatic rings. The van der Waals surface area contributed by atoms with E-state index in [1.54, 1.807) is 18.2 Å². The molecule has 0 saturated carbocycles. The molecule has 0 unspecified atom stereocenters. The maximum atomic E-state index is 10.8. The fraction of sp³-hybridized carbons (Fsp3) is 0.562. The highest BCUT2D eigenvalue weighted by molar-refractivity contribution is 5.87. The van der Waals surface area contributed by atoms with E-state index in [-0.39, 0.29) is 5.56 Å². The summed E-state index contributed by atoms with van der Waals surface area (Å²) in [5.41, 5.74) is 0.235. The fourth-order valence-corrected chi connectivity index (χ4v) is 1.65. The summed E-state index contributed by atoms with van der Waals surface area (Å²) in [6.07, 6.45) is 1.09. The molecule has 0 aromatic heterocycles. The van der Waals surface area contributed by atoms with E-state index in [0.29, 0.717) is 31.4 Å². The smallest absolute Gasteiger partial charge is 0.335 e. The molecule has 1 aromatic carbocycles. The van der Waals surface area contributed by atoms with Gasteiger partial charge in [0, 0.05) is 19.7 Å². The Morgan fingerprint density at radius 1 is 1.24 bits per heavy atom. The third-order valence-electron chi connectivity index (χ3n) is 2.89. The molecule has 5 heteroatoms. The highest BCUT2D eigenvalue weighted by atomic mass is 16.5. The zero-order chi connectivity index (χ0) is 15.5. The van der Waals surface area contributed by atoms with Crippen molar-refractivity contribution in [3.63, 3.8) is 0 Å². The van der Waals surface area contributed by atoms with Crippen LogP contribution in [0.2, 0.25) is 0 Å². The molecular weight excluding hydrogens is 270 g/mol. The first-order chi connectivity index (χ1) is 10.1. The molecule has 5 nitrogen and oxygen atoms in total. The molecule has 0 fully saturated rings. The van der Waals surface area contributed by atoms with E-state index in [1.807, 2.05) is 0 Å². The average molecular weight is 295 g/mol. The molecule has 0 aliphatic carbocycles. The summed E-state index contributed by atoms with van der Waals surface area (Å²) in [4.78, 5) is 10.8. The number of carboxylic acid groups (broad SMARTS) is 1. The number of benzene rings is 1. The van der Waals surface area contributed by atoms with Gasteiger partial charge in [0.15, 0.2) is 0 Å². The lowest BCUT2D eigenvalue weighted by Crippen LogP contribution is -2.25. The number of ether oxygens (including phenoxy) is 2. The van der Waals surface area contributed by atoms with Crippen molar-refractivity contribution in [2.24, 2.45) is 5.92 Å². The van der Waals surface area contributed by atoms with Crippen LogP contribution in [0.3, 0.4) is 0 Å². The molecule has 0 radical (unpaired) electrons. The standard InChI is InChI=1S/C16H25NO4/c1-13(2)6-9-20-10-7-17-8-11-21-15-5-3-4-14(12-15)16(18)19/h3-5,12-13,17H,6-11H2,1-2H3,(H,18,19). The molecule has 0 atom stereocenters. The fourth-order valence-electron chi connectivity index (χ4n) is 1.65.